The molecule has 24 heavy (non-hydrogen) atoms. The fraction of sp³-hybridized carbons (Fsp3) is 0.333. The first-order chi connectivity index (χ1) is 11.6. The van der Waals surface area contributed by atoms with Crippen LogP contribution in [0.3, 0.4) is 0 Å². The molecule has 0 fully saturated rings. The molecule has 6 nitrogen and oxygen atoms in total. The zero-order valence-corrected chi connectivity index (χ0v) is 14.0. The second-order valence-corrected chi connectivity index (χ2v) is 5.63. The Morgan fingerprint density at radius 3 is 2.83 bits per heavy atom. The number of amides is 1. The van der Waals surface area contributed by atoms with Gasteiger partial charge in [-0.25, -0.2) is 0 Å². The van der Waals surface area contributed by atoms with E-state index in [1.165, 1.54) is 0 Å². The highest BCUT2D eigenvalue weighted by atomic mass is 16.6. The van der Waals surface area contributed by atoms with Crippen LogP contribution in [0.25, 0.3) is 0 Å². The predicted octanol–water partition coefficient (Wildman–Crippen LogP) is 2.16. The highest BCUT2D eigenvalue weighted by Crippen LogP contribution is 2.31. The van der Waals surface area contributed by atoms with Gasteiger partial charge in [0.05, 0.1) is 19.3 Å². The molecule has 1 aliphatic rings. The Balaban J connectivity index is 1.65. The molecule has 1 aromatic heterocycles. The lowest BCUT2D eigenvalue weighted by molar-refractivity contribution is -0.130. The third-order valence-corrected chi connectivity index (χ3v) is 3.98. The number of carbonyl (C=O) groups is 1. The minimum atomic E-state index is -0.674. The van der Waals surface area contributed by atoms with Crippen LogP contribution in [-0.4, -0.2) is 30.7 Å². The lowest BCUT2D eigenvalue weighted by atomic mass is 10.1. The summed E-state index contributed by atoms with van der Waals surface area (Å²) < 4.78 is 16.6. The van der Waals surface area contributed by atoms with Crippen molar-refractivity contribution >= 4 is 5.91 Å². The van der Waals surface area contributed by atoms with Gasteiger partial charge in [0, 0.05) is 17.3 Å². The smallest absolute Gasteiger partial charge is 0.265 e. The van der Waals surface area contributed by atoms with Gasteiger partial charge in [-0.1, -0.05) is 12.1 Å². The molecule has 1 aliphatic heterocycles. The zero-order valence-electron chi connectivity index (χ0n) is 14.0. The van der Waals surface area contributed by atoms with Gasteiger partial charge in [0.2, 0.25) is 6.10 Å². The third-order valence-electron chi connectivity index (χ3n) is 3.98. The minimum Gasteiger partial charge on any atom is -0.496 e. The van der Waals surface area contributed by atoms with Crippen molar-refractivity contribution in [1.29, 1.82) is 0 Å². The van der Waals surface area contributed by atoms with Crippen LogP contribution in [0.1, 0.15) is 16.8 Å². The van der Waals surface area contributed by atoms with Gasteiger partial charge in [0.1, 0.15) is 12.4 Å². The maximum absolute atomic E-state index is 12.3. The molecule has 0 bridgehead atoms. The maximum Gasteiger partial charge on any atom is 0.265 e. The van der Waals surface area contributed by atoms with Crippen LogP contribution in [-0.2, 0) is 11.3 Å². The Bertz CT molecular complexity index is 761. The summed E-state index contributed by atoms with van der Waals surface area (Å²) in [6.45, 7) is 4.36. The Hall–Kier alpha value is -2.76. The van der Waals surface area contributed by atoms with Crippen molar-refractivity contribution in [2.75, 3.05) is 13.7 Å². The van der Waals surface area contributed by atoms with Crippen LogP contribution in [0.5, 0.6) is 17.2 Å². The standard InChI is InChI=1S/C18H20N2O4/c1-11-8-19-13(12(2)17(11)22-3)9-20-18(21)16-10-23-14-6-4-5-7-15(14)24-16/h4-8,16H,9-10H2,1-3H3,(H,20,21)/t16-/m1/s1. The van der Waals surface area contributed by atoms with Crippen LogP contribution in [0.4, 0.5) is 0 Å². The number of rotatable bonds is 4. The van der Waals surface area contributed by atoms with Gasteiger partial charge in [-0.2, -0.15) is 0 Å². The molecule has 0 radical (unpaired) electrons. The van der Waals surface area contributed by atoms with E-state index in [9.17, 15) is 4.79 Å². The maximum atomic E-state index is 12.3. The number of nitrogens with zero attached hydrogens (tertiary/aromatic N) is 1. The predicted molar refractivity (Wildman–Crippen MR) is 88.5 cm³/mol. The zero-order chi connectivity index (χ0) is 17.1. The molecule has 3 rings (SSSR count). The molecular formula is C18H20N2O4. The molecule has 1 aromatic carbocycles. The molecular weight excluding hydrogens is 308 g/mol. The highest BCUT2D eigenvalue weighted by Gasteiger charge is 2.27. The van der Waals surface area contributed by atoms with Crippen molar-refractivity contribution in [2.45, 2.75) is 26.5 Å². The number of hydrogen-bond acceptors (Lipinski definition) is 5. The first-order valence-electron chi connectivity index (χ1n) is 7.75. The number of methoxy groups -OCH3 is 1. The number of hydrogen-bond donors (Lipinski definition) is 1. The summed E-state index contributed by atoms with van der Waals surface area (Å²) in [6.07, 6.45) is 1.07. The number of aryl methyl sites for hydroxylation is 1. The first kappa shape index (κ1) is 16.1. The molecule has 2 heterocycles. The lowest BCUT2D eigenvalue weighted by Gasteiger charge is -2.25. The quantitative estimate of drug-likeness (QED) is 0.931. The van der Waals surface area contributed by atoms with Crippen molar-refractivity contribution in [1.82, 2.24) is 10.3 Å². The van der Waals surface area contributed by atoms with E-state index >= 15 is 0 Å². The van der Waals surface area contributed by atoms with Crippen LogP contribution in [0.2, 0.25) is 0 Å². The SMILES string of the molecule is COc1c(C)cnc(CNC(=O)[C@H]2COc3ccccc3O2)c1C. The Morgan fingerprint density at radius 1 is 1.33 bits per heavy atom. The van der Waals surface area contributed by atoms with E-state index in [0.29, 0.717) is 18.0 Å². The molecule has 0 unspecified atom stereocenters. The summed E-state index contributed by atoms with van der Waals surface area (Å²) >= 11 is 0. The first-order valence-corrected chi connectivity index (χ1v) is 7.75. The van der Waals surface area contributed by atoms with Crippen LogP contribution >= 0.6 is 0 Å². The van der Waals surface area contributed by atoms with Gasteiger partial charge >= 0.3 is 0 Å². The van der Waals surface area contributed by atoms with E-state index in [2.05, 4.69) is 10.3 Å². The number of carbonyl (C=O) groups excluding carboxylic acids is 1. The van der Waals surface area contributed by atoms with E-state index < -0.39 is 6.10 Å². The molecule has 0 spiro atoms. The van der Waals surface area contributed by atoms with Crippen LogP contribution in [0, 0.1) is 13.8 Å². The number of pyridine rings is 1. The Kier molecular flexibility index (Phi) is 4.55. The summed E-state index contributed by atoms with van der Waals surface area (Å²) in [7, 11) is 1.63. The molecule has 1 N–H and O–H groups in total. The van der Waals surface area contributed by atoms with Gasteiger partial charge in [-0.15, -0.1) is 0 Å². The third kappa shape index (κ3) is 3.13. The number of benzene rings is 1. The van der Waals surface area contributed by atoms with Crippen LogP contribution < -0.4 is 19.5 Å². The van der Waals surface area contributed by atoms with E-state index in [1.807, 2.05) is 32.0 Å². The van der Waals surface area contributed by atoms with E-state index in [1.54, 1.807) is 19.4 Å². The average molecular weight is 328 g/mol. The molecule has 2 aromatic rings. The Labute approximate surface area is 140 Å². The number of nitrogens with one attached hydrogen (secondary N) is 1. The van der Waals surface area contributed by atoms with E-state index in [-0.39, 0.29) is 12.5 Å². The molecule has 6 heteroatoms. The van der Waals surface area contributed by atoms with Crippen molar-refractivity contribution in [3.8, 4) is 17.2 Å². The molecule has 1 amide bonds. The number of ether oxygens (including phenoxy) is 3. The summed E-state index contributed by atoms with van der Waals surface area (Å²) in [5, 5.41) is 2.85. The molecule has 0 saturated heterocycles. The Morgan fingerprint density at radius 2 is 2.08 bits per heavy atom. The van der Waals surface area contributed by atoms with Crippen molar-refractivity contribution in [3.05, 3.63) is 47.3 Å². The highest BCUT2D eigenvalue weighted by molar-refractivity contribution is 5.81. The monoisotopic (exact) mass is 328 g/mol. The second-order valence-electron chi connectivity index (χ2n) is 5.63. The molecule has 0 aliphatic carbocycles. The number of fused-ring (bicyclic) bond motifs is 1. The van der Waals surface area contributed by atoms with Gasteiger partial charge in [0.15, 0.2) is 11.5 Å². The summed E-state index contributed by atoms with van der Waals surface area (Å²) in [6, 6.07) is 7.30. The van der Waals surface area contributed by atoms with Gasteiger partial charge in [-0.05, 0) is 26.0 Å². The lowest BCUT2D eigenvalue weighted by Crippen LogP contribution is -2.43. The van der Waals surface area contributed by atoms with Crippen molar-refractivity contribution in [3.63, 3.8) is 0 Å². The largest absolute Gasteiger partial charge is 0.496 e. The van der Waals surface area contributed by atoms with Gasteiger partial charge in [0.25, 0.3) is 5.91 Å². The molecule has 126 valence electrons. The van der Waals surface area contributed by atoms with E-state index in [4.69, 9.17) is 14.2 Å². The van der Waals surface area contributed by atoms with Crippen molar-refractivity contribution < 1.29 is 19.0 Å². The topological polar surface area (TPSA) is 69.7 Å². The van der Waals surface area contributed by atoms with E-state index in [0.717, 1.165) is 22.6 Å². The molecule has 0 saturated carbocycles. The summed E-state index contributed by atoms with van der Waals surface area (Å²) in [5.41, 5.74) is 2.65. The minimum absolute atomic E-state index is 0.187. The fourth-order valence-corrected chi connectivity index (χ4v) is 2.68. The molecule has 1 atom stereocenters. The van der Waals surface area contributed by atoms with Gasteiger partial charge < -0.3 is 19.5 Å². The van der Waals surface area contributed by atoms with Crippen LogP contribution in [0.15, 0.2) is 30.5 Å². The summed E-state index contributed by atoms with van der Waals surface area (Å²) in [5.74, 6) is 1.79. The normalized spacial score (nSPS) is 15.7. The summed E-state index contributed by atoms with van der Waals surface area (Å²) in [4.78, 5) is 16.7. The number of aromatic nitrogens is 1. The van der Waals surface area contributed by atoms with Crippen molar-refractivity contribution in [2.24, 2.45) is 0 Å². The second kappa shape index (κ2) is 6.78. The number of para-hydroxylation sites is 2. The average Bonchev–Trinajstić information content (AvgIpc) is 2.61. The van der Waals surface area contributed by atoms with Gasteiger partial charge in [-0.3, -0.25) is 9.78 Å². The fourth-order valence-electron chi connectivity index (χ4n) is 2.68.